The van der Waals surface area contributed by atoms with E-state index >= 15 is 0 Å². The van der Waals surface area contributed by atoms with Crippen LogP contribution in [0.5, 0.6) is 0 Å². The fraction of sp³-hybridized carbons (Fsp3) is 0.600. The molecule has 0 unspecified atom stereocenters. The highest BCUT2D eigenvalue weighted by Gasteiger charge is 2.18. The molecule has 0 bridgehead atoms. The SMILES string of the molecule is CC(C)=CCCC(C)=CCCC(C)=CCN[C@@H](CS)C(=O)OCC(=O)O. The molecule has 0 aliphatic carbocycles. The molecule has 148 valence electrons. The van der Waals surface area contributed by atoms with Crippen LogP contribution in [0.4, 0.5) is 0 Å². The van der Waals surface area contributed by atoms with Gasteiger partial charge >= 0.3 is 11.9 Å². The van der Waals surface area contributed by atoms with Crippen LogP contribution >= 0.6 is 12.6 Å². The number of carbonyl (C=O) groups is 2. The summed E-state index contributed by atoms with van der Waals surface area (Å²) in [6, 6.07) is -0.612. The Labute approximate surface area is 163 Å². The molecule has 0 radical (unpaired) electrons. The van der Waals surface area contributed by atoms with E-state index in [1.54, 1.807) is 0 Å². The quantitative estimate of drug-likeness (QED) is 0.255. The van der Waals surface area contributed by atoms with Gasteiger partial charge in [0, 0.05) is 12.3 Å². The molecule has 0 aromatic rings. The molecule has 0 aliphatic rings. The molecule has 0 spiro atoms. The van der Waals surface area contributed by atoms with Crippen molar-refractivity contribution in [2.24, 2.45) is 0 Å². The molecule has 6 heteroatoms. The van der Waals surface area contributed by atoms with Gasteiger partial charge in [0.25, 0.3) is 0 Å². The number of carboxylic acid groups (broad SMARTS) is 1. The van der Waals surface area contributed by atoms with Gasteiger partial charge < -0.3 is 15.2 Å². The second kappa shape index (κ2) is 14.6. The zero-order chi connectivity index (χ0) is 19.9. The summed E-state index contributed by atoms with van der Waals surface area (Å²) in [7, 11) is 0. The van der Waals surface area contributed by atoms with Crippen LogP contribution in [0.25, 0.3) is 0 Å². The Morgan fingerprint density at radius 1 is 1.04 bits per heavy atom. The van der Waals surface area contributed by atoms with E-state index in [0.717, 1.165) is 25.7 Å². The summed E-state index contributed by atoms with van der Waals surface area (Å²) in [5, 5.41) is 11.5. The van der Waals surface area contributed by atoms with Crippen molar-refractivity contribution in [3.8, 4) is 0 Å². The summed E-state index contributed by atoms with van der Waals surface area (Å²) < 4.78 is 4.67. The van der Waals surface area contributed by atoms with E-state index in [0.29, 0.717) is 6.54 Å². The van der Waals surface area contributed by atoms with Crippen molar-refractivity contribution in [1.29, 1.82) is 0 Å². The maximum atomic E-state index is 11.7. The number of nitrogens with one attached hydrogen (secondary N) is 1. The Morgan fingerprint density at radius 3 is 2.15 bits per heavy atom. The van der Waals surface area contributed by atoms with Gasteiger partial charge in [-0.05, 0) is 53.4 Å². The summed E-state index contributed by atoms with van der Waals surface area (Å²) in [6.07, 6.45) is 10.7. The van der Waals surface area contributed by atoms with Gasteiger partial charge in [0.1, 0.15) is 6.04 Å². The minimum absolute atomic E-state index is 0.249. The molecule has 26 heavy (non-hydrogen) atoms. The fourth-order valence-corrected chi connectivity index (χ4v) is 2.45. The third-order valence-electron chi connectivity index (χ3n) is 3.74. The van der Waals surface area contributed by atoms with Crippen LogP contribution in [0, 0.1) is 0 Å². The first-order valence-corrected chi connectivity index (χ1v) is 9.56. The molecular formula is C20H33NO4S. The smallest absolute Gasteiger partial charge is 0.341 e. The van der Waals surface area contributed by atoms with E-state index in [1.807, 2.05) is 6.08 Å². The lowest BCUT2D eigenvalue weighted by Gasteiger charge is -2.13. The molecule has 0 aliphatic heterocycles. The molecule has 2 N–H and O–H groups in total. The molecule has 0 rings (SSSR count). The number of allylic oxidation sites excluding steroid dienone is 5. The van der Waals surface area contributed by atoms with Crippen LogP contribution in [0.2, 0.25) is 0 Å². The first-order valence-electron chi connectivity index (χ1n) is 8.93. The van der Waals surface area contributed by atoms with Crippen LogP contribution in [0.15, 0.2) is 34.9 Å². The molecule has 0 saturated carbocycles. The molecule has 0 saturated heterocycles. The van der Waals surface area contributed by atoms with Crippen molar-refractivity contribution in [2.75, 3.05) is 18.9 Å². The van der Waals surface area contributed by atoms with Crippen molar-refractivity contribution in [2.45, 2.75) is 59.4 Å². The van der Waals surface area contributed by atoms with Gasteiger partial charge in [-0.25, -0.2) is 4.79 Å². The minimum atomic E-state index is -1.17. The normalized spacial score (nSPS) is 13.3. The third-order valence-corrected chi connectivity index (χ3v) is 4.11. The monoisotopic (exact) mass is 383 g/mol. The van der Waals surface area contributed by atoms with Crippen LogP contribution in [-0.2, 0) is 14.3 Å². The summed E-state index contributed by atoms with van der Waals surface area (Å²) in [5.41, 5.74) is 4.00. The van der Waals surface area contributed by atoms with Crippen molar-refractivity contribution in [3.05, 3.63) is 34.9 Å². The summed E-state index contributed by atoms with van der Waals surface area (Å²) in [5.74, 6) is -1.52. The molecule has 0 aromatic carbocycles. The van der Waals surface area contributed by atoms with E-state index in [9.17, 15) is 9.59 Å². The number of rotatable bonds is 13. The van der Waals surface area contributed by atoms with Gasteiger partial charge in [0.05, 0.1) is 0 Å². The first-order chi connectivity index (χ1) is 12.3. The van der Waals surface area contributed by atoms with Gasteiger partial charge in [-0.15, -0.1) is 0 Å². The standard InChI is InChI=1S/C20H33NO4S/c1-15(2)7-5-8-16(3)9-6-10-17(4)11-12-21-18(14-26)20(24)25-13-19(22)23/h7,9,11,18,21,26H,5-6,8,10,12-14H2,1-4H3,(H,22,23)/t18-/m0/s1. The van der Waals surface area contributed by atoms with E-state index in [2.05, 4.69) is 62.5 Å². The van der Waals surface area contributed by atoms with E-state index < -0.39 is 24.6 Å². The van der Waals surface area contributed by atoms with Crippen molar-refractivity contribution >= 4 is 24.6 Å². The van der Waals surface area contributed by atoms with Crippen LogP contribution in [-0.4, -0.2) is 42.0 Å². The number of thiol groups is 1. The number of aliphatic carboxylic acids is 1. The molecule has 5 nitrogen and oxygen atoms in total. The first kappa shape index (κ1) is 24.5. The molecule has 0 amide bonds. The van der Waals surface area contributed by atoms with Gasteiger partial charge in [0.2, 0.25) is 0 Å². The average Bonchev–Trinajstić information content (AvgIpc) is 2.56. The minimum Gasteiger partial charge on any atom is -0.479 e. The highest BCUT2D eigenvalue weighted by atomic mass is 32.1. The maximum Gasteiger partial charge on any atom is 0.341 e. The van der Waals surface area contributed by atoms with Crippen molar-refractivity contribution in [1.82, 2.24) is 5.32 Å². The summed E-state index contributed by atoms with van der Waals surface area (Å²) in [4.78, 5) is 22.1. The predicted octanol–water partition coefficient (Wildman–Crippen LogP) is 3.92. The number of ether oxygens (including phenoxy) is 1. The lowest BCUT2D eigenvalue weighted by atomic mass is 10.1. The zero-order valence-corrected chi connectivity index (χ0v) is 17.3. The summed E-state index contributed by atoms with van der Waals surface area (Å²) in [6.45, 7) is 8.35. The number of hydrogen-bond donors (Lipinski definition) is 3. The average molecular weight is 384 g/mol. The Balaban J connectivity index is 4.17. The number of esters is 1. The van der Waals surface area contributed by atoms with Gasteiger partial charge in [-0.3, -0.25) is 4.79 Å². The van der Waals surface area contributed by atoms with E-state index in [-0.39, 0.29) is 5.75 Å². The van der Waals surface area contributed by atoms with Gasteiger partial charge in [0.15, 0.2) is 6.61 Å². The van der Waals surface area contributed by atoms with Gasteiger partial charge in [-0.2, -0.15) is 12.6 Å². The second-order valence-corrected chi connectivity index (χ2v) is 6.97. The predicted molar refractivity (Wildman–Crippen MR) is 110 cm³/mol. The van der Waals surface area contributed by atoms with Crippen LogP contribution in [0.3, 0.4) is 0 Å². The Morgan fingerprint density at radius 2 is 1.62 bits per heavy atom. The van der Waals surface area contributed by atoms with Gasteiger partial charge in [-0.1, -0.05) is 34.9 Å². The lowest BCUT2D eigenvalue weighted by Crippen LogP contribution is -2.40. The lowest BCUT2D eigenvalue weighted by molar-refractivity contribution is -0.156. The Kier molecular flexibility index (Phi) is 13.8. The molecule has 0 heterocycles. The maximum absolute atomic E-state index is 11.7. The number of carbonyl (C=O) groups excluding carboxylic acids is 1. The van der Waals surface area contributed by atoms with E-state index in [4.69, 9.17) is 5.11 Å². The second-order valence-electron chi connectivity index (χ2n) is 6.60. The van der Waals surface area contributed by atoms with Crippen molar-refractivity contribution < 1.29 is 19.4 Å². The highest BCUT2D eigenvalue weighted by molar-refractivity contribution is 7.80. The number of carboxylic acids is 1. The molecule has 0 aromatic heterocycles. The fourth-order valence-electron chi connectivity index (χ4n) is 2.17. The largest absolute Gasteiger partial charge is 0.479 e. The zero-order valence-electron chi connectivity index (χ0n) is 16.4. The highest BCUT2D eigenvalue weighted by Crippen LogP contribution is 2.11. The van der Waals surface area contributed by atoms with Crippen LogP contribution in [0.1, 0.15) is 53.4 Å². The molecule has 0 fully saturated rings. The molecular weight excluding hydrogens is 350 g/mol. The Hall–Kier alpha value is -1.53. The number of hydrogen-bond acceptors (Lipinski definition) is 5. The summed E-state index contributed by atoms with van der Waals surface area (Å²) >= 11 is 4.10. The third kappa shape index (κ3) is 13.7. The molecule has 1 atom stereocenters. The Bertz CT molecular complexity index is 534. The van der Waals surface area contributed by atoms with Crippen LogP contribution < -0.4 is 5.32 Å². The topological polar surface area (TPSA) is 75.6 Å². The van der Waals surface area contributed by atoms with E-state index in [1.165, 1.54) is 16.7 Å². The van der Waals surface area contributed by atoms with Crippen molar-refractivity contribution in [3.63, 3.8) is 0 Å².